The average Bonchev–Trinajstić information content (AvgIpc) is 2.46. The molecule has 1 aliphatic rings. The van der Waals surface area contributed by atoms with Crippen molar-refractivity contribution in [1.29, 1.82) is 0 Å². The molecule has 1 aromatic rings. The Morgan fingerprint density at radius 2 is 1.89 bits per heavy atom. The molecular formula is C15H22N2O2. The Bertz CT molecular complexity index is 409. The van der Waals surface area contributed by atoms with Crippen LogP contribution in [0.5, 0.6) is 5.75 Å². The van der Waals surface area contributed by atoms with Crippen LogP contribution in [0, 0.1) is 0 Å². The number of nitrogens with one attached hydrogen (secondary N) is 1. The fourth-order valence-electron chi connectivity index (χ4n) is 2.10. The van der Waals surface area contributed by atoms with E-state index in [1.807, 2.05) is 17.0 Å². The molecule has 2 rings (SSSR count). The van der Waals surface area contributed by atoms with Crippen LogP contribution in [0.25, 0.3) is 0 Å². The van der Waals surface area contributed by atoms with Crippen LogP contribution in [0.15, 0.2) is 24.3 Å². The van der Waals surface area contributed by atoms with E-state index in [2.05, 4.69) is 31.3 Å². The molecule has 1 fully saturated rings. The molecule has 0 aliphatic carbocycles. The van der Waals surface area contributed by atoms with Gasteiger partial charge in [0, 0.05) is 26.2 Å². The zero-order valence-corrected chi connectivity index (χ0v) is 11.7. The van der Waals surface area contributed by atoms with E-state index in [4.69, 9.17) is 4.74 Å². The molecule has 104 valence electrons. The van der Waals surface area contributed by atoms with Gasteiger partial charge in [-0.05, 0) is 23.6 Å². The molecule has 0 radical (unpaired) electrons. The summed E-state index contributed by atoms with van der Waals surface area (Å²) in [5.41, 5.74) is 1.28. The molecule has 4 heteroatoms. The predicted octanol–water partition coefficient (Wildman–Crippen LogP) is 1.62. The highest BCUT2D eigenvalue weighted by Crippen LogP contribution is 2.18. The second-order valence-electron chi connectivity index (χ2n) is 5.14. The summed E-state index contributed by atoms with van der Waals surface area (Å²) in [6.07, 6.45) is 0. The molecule has 0 spiro atoms. The normalized spacial score (nSPS) is 15.6. The van der Waals surface area contributed by atoms with E-state index in [-0.39, 0.29) is 12.5 Å². The lowest BCUT2D eigenvalue weighted by Gasteiger charge is -2.27. The van der Waals surface area contributed by atoms with Crippen LogP contribution >= 0.6 is 0 Å². The van der Waals surface area contributed by atoms with Crippen molar-refractivity contribution < 1.29 is 9.53 Å². The van der Waals surface area contributed by atoms with E-state index >= 15 is 0 Å². The minimum absolute atomic E-state index is 0.0643. The van der Waals surface area contributed by atoms with Gasteiger partial charge < -0.3 is 15.0 Å². The number of benzene rings is 1. The number of amides is 1. The SMILES string of the molecule is CC(C)c1ccc(OCC(=O)N2CCNCC2)cc1. The predicted molar refractivity (Wildman–Crippen MR) is 75.5 cm³/mol. The molecule has 0 atom stereocenters. The Morgan fingerprint density at radius 3 is 2.47 bits per heavy atom. The smallest absolute Gasteiger partial charge is 0.260 e. The minimum atomic E-state index is 0.0643. The lowest BCUT2D eigenvalue weighted by atomic mass is 10.0. The van der Waals surface area contributed by atoms with Crippen LogP contribution in [0.3, 0.4) is 0 Å². The summed E-state index contributed by atoms with van der Waals surface area (Å²) in [4.78, 5) is 13.8. The van der Waals surface area contributed by atoms with Gasteiger partial charge in [-0.15, -0.1) is 0 Å². The highest BCUT2D eigenvalue weighted by Gasteiger charge is 2.16. The molecule has 1 aromatic carbocycles. The Morgan fingerprint density at radius 1 is 1.26 bits per heavy atom. The summed E-state index contributed by atoms with van der Waals surface area (Å²) in [7, 11) is 0. The third-order valence-corrected chi connectivity index (χ3v) is 3.38. The van der Waals surface area contributed by atoms with Gasteiger partial charge >= 0.3 is 0 Å². The molecule has 4 nitrogen and oxygen atoms in total. The van der Waals surface area contributed by atoms with Crippen LogP contribution < -0.4 is 10.1 Å². The number of hydrogen-bond acceptors (Lipinski definition) is 3. The number of carbonyl (C=O) groups excluding carboxylic acids is 1. The van der Waals surface area contributed by atoms with Gasteiger partial charge in [-0.1, -0.05) is 26.0 Å². The number of rotatable bonds is 4. The first-order valence-electron chi connectivity index (χ1n) is 6.88. The van der Waals surface area contributed by atoms with Gasteiger partial charge in [-0.25, -0.2) is 0 Å². The first kappa shape index (κ1) is 13.9. The largest absolute Gasteiger partial charge is 0.484 e. The summed E-state index contributed by atoms with van der Waals surface area (Å²) in [6, 6.07) is 7.96. The molecule has 19 heavy (non-hydrogen) atoms. The van der Waals surface area contributed by atoms with Gasteiger partial charge in [0.15, 0.2) is 6.61 Å². The third-order valence-electron chi connectivity index (χ3n) is 3.38. The molecule has 0 unspecified atom stereocenters. The van der Waals surface area contributed by atoms with Crippen molar-refractivity contribution in [3.05, 3.63) is 29.8 Å². The van der Waals surface area contributed by atoms with Crippen LogP contribution in [0.4, 0.5) is 0 Å². The van der Waals surface area contributed by atoms with Gasteiger partial charge in [-0.2, -0.15) is 0 Å². The maximum absolute atomic E-state index is 11.9. The number of nitrogens with zero attached hydrogens (tertiary/aromatic N) is 1. The van der Waals surface area contributed by atoms with E-state index in [0.717, 1.165) is 31.9 Å². The maximum atomic E-state index is 11.9. The van der Waals surface area contributed by atoms with Gasteiger partial charge in [0.25, 0.3) is 5.91 Å². The average molecular weight is 262 g/mol. The lowest BCUT2D eigenvalue weighted by molar-refractivity contribution is -0.133. The molecule has 0 aromatic heterocycles. The standard InChI is InChI=1S/C15H22N2O2/c1-12(2)13-3-5-14(6-4-13)19-11-15(18)17-9-7-16-8-10-17/h3-6,12,16H,7-11H2,1-2H3. The summed E-state index contributed by atoms with van der Waals surface area (Å²) in [6.45, 7) is 7.72. The fourth-order valence-corrected chi connectivity index (χ4v) is 2.10. The van der Waals surface area contributed by atoms with Gasteiger partial charge in [-0.3, -0.25) is 4.79 Å². The monoisotopic (exact) mass is 262 g/mol. The lowest BCUT2D eigenvalue weighted by Crippen LogP contribution is -2.47. The molecular weight excluding hydrogens is 240 g/mol. The quantitative estimate of drug-likeness (QED) is 0.896. The zero-order valence-electron chi connectivity index (χ0n) is 11.7. The Hall–Kier alpha value is -1.55. The van der Waals surface area contributed by atoms with E-state index in [1.54, 1.807) is 0 Å². The molecule has 0 saturated carbocycles. The van der Waals surface area contributed by atoms with Gasteiger partial charge in [0.1, 0.15) is 5.75 Å². The van der Waals surface area contributed by atoms with Crippen molar-refractivity contribution in [1.82, 2.24) is 10.2 Å². The van der Waals surface area contributed by atoms with Crippen molar-refractivity contribution in [2.75, 3.05) is 32.8 Å². The zero-order chi connectivity index (χ0) is 13.7. The van der Waals surface area contributed by atoms with E-state index in [1.165, 1.54) is 5.56 Å². The first-order chi connectivity index (χ1) is 9.16. The van der Waals surface area contributed by atoms with Crippen molar-refractivity contribution in [2.45, 2.75) is 19.8 Å². The highest BCUT2D eigenvalue weighted by molar-refractivity contribution is 5.77. The Balaban J connectivity index is 1.82. The van der Waals surface area contributed by atoms with Gasteiger partial charge in [0.05, 0.1) is 0 Å². The van der Waals surface area contributed by atoms with Crippen LogP contribution in [-0.2, 0) is 4.79 Å². The van der Waals surface area contributed by atoms with Gasteiger partial charge in [0.2, 0.25) is 0 Å². The maximum Gasteiger partial charge on any atom is 0.260 e. The van der Waals surface area contributed by atoms with E-state index < -0.39 is 0 Å². The summed E-state index contributed by atoms with van der Waals surface area (Å²) in [5.74, 6) is 1.33. The van der Waals surface area contributed by atoms with Crippen LogP contribution in [-0.4, -0.2) is 43.6 Å². The Kier molecular flexibility index (Phi) is 4.80. The third kappa shape index (κ3) is 3.96. The van der Waals surface area contributed by atoms with Crippen molar-refractivity contribution in [2.24, 2.45) is 0 Å². The highest BCUT2D eigenvalue weighted by atomic mass is 16.5. The molecule has 1 heterocycles. The topological polar surface area (TPSA) is 41.6 Å². The number of hydrogen-bond donors (Lipinski definition) is 1. The molecule has 1 N–H and O–H groups in total. The number of piperazine rings is 1. The Labute approximate surface area is 114 Å². The summed E-state index contributed by atoms with van der Waals surface area (Å²) in [5, 5.41) is 3.23. The van der Waals surface area contributed by atoms with Crippen molar-refractivity contribution in [3.63, 3.8) is 0 Å². The second-order valence-corrected chi connectivity index (χ2v) is 5.14. The fraction of sp³-hybridized carbons (Fsp3) is 0.533. The van der Waals surface area contributed by atoms with Crippen molar-refractivity contribution in [3.8, 4) is 5.75 Å². The first-order valence-corrected chi connectivity index (χ1v) is 6.88. The van der Waals surface area contributed by atoms with E-state index in [0.29, 0.717) is 5.92 Å². The molecule has 0 bridgehead atoms. The van der Waals surface area contributed by atoms with Crippen LogP contribution in [0.2, 0.25) is 0 Å². The molecule has 1 saturated heterocycles. The molecule has 1 amide bonds. The molecule has 1 aliphatic heterocycles. The minimum Gasteiger partial charge on any atom is -0.484 e. The summed E-state index contributed by atoms with van der Waals surface area (Å²) >= 11 is 0. The summed E-state index contributed by atoms with van der Waals surface area (Å²) < 4.78 is 5.54. The van der Waals surface area contributed by atoms with Crippen LogP contribution in [0.1, 0.15) is 25.3 Å². The second kappa shape index (κ2) is 6.57. The van der Waals surface area contributed by atoms with Crippen molar-refractivity contribution >= 4 is 5.91 Å². The number of ether oxygens (including phenoxy) is 1. The number of carbonyl (C=O) groups is 1. The van der Waals surface area contributed by atoms with E-state index in [9.17, 15) is 4.79 Å².